The summed E-state index contributed by atoms with van der Waals surface area (Å²) in [6.07, 6.45) is 5.54. The second kappa shape index (κ2) is 8.15. The van der Waals surface area contributed by atoms with Gasteiger partial charge in [0.15, 0.2) is 0 Å². The first-order chi connectivity index (χ1) is 6.62. The summed E-state index contributed by atoms with van der Waals surface area (Å²) in [6.45, 7) is 16.9. The van der Waals surface area contributed by atoms with Gasteiger partial charge in [-0.15, -0.1) is 0 Å². The predicted molar refractivity (Wildman–Crippen MR) is 70.4 cm³/mol. The molecule has 15 heavy (non-hydrogen) atoms. The molecule has 1 heteroatoms. The first-order valence-corrected chi connectivity index (χ1v) is 6.32. The van der Waals surface area contributed by atoms with Crippen molar-refractivity contribution >= 4 is 0 Å². The summed E-state index contributed by atoms with van der Waals surface area (Å²) >= 11 is 0. The van der Waals surface area contributed by atoms with E-state index < -0.39 is 0 Å². The van der Waals surface area contributed by atoms with E-state index in [1.165, 1.54) is 25.7 Å². The van der Waals surface area contributed by atoms with Crippen LogP contribution in [0, 0.1) is 0 Å². The lowest BCUT2D eigenvalue weighted by Gasteiger charge is -2.30. The number of hydrogen-bond acceptors (Lipinski definition) is 1. The zero-order valence-corrected chi connectivity index (χ0v) is 12.2. The molecule has 0 unspecified atom stereocenters. The lowest BCUT2D eigenvalue weighted by molar-refractivity contribution is -0.102. The van der Waals surface area contributed by atoms with Gasteiger partial charge in [-0.05, 0) is 41.5 Å². The molecule has 0 aliphatic rings. The van der Waals surface area contributed by atoms with Gasteiger partial charge in [-0.3, -0.25) is 0 Å². The Bertz CT molecular complexity index is 109. The molecule has 0 aromatic rings. The Balaban J connectivity index is 0. The third-order valence-electron chi connectivity index (χ3n) is 1.57. The summed E-state index contributed by atoms with van der Waals surface area (Å²) in [7, 11) is 0. The molecule has 1 nitrogen and oxygen atoms in total. The smallest absolute Gasteiger partial charge is 0.0605 e. The third-order valence-corrected chi connectivity index (χ3v) is 1.57. The summed E-state index contributed by atoms with van der Waals surface area (Å²) in [5.41, 5.74) is -0.0312. The number of ether oxygens (including phenoxy) is 1. The number of hydrogen-bond donors (Lipinski definition) is 0. The van der Waals surface area contributed by atoms with Gasteiger partial charge >= 0.3 is 0 Å². The van der Waals surface area contributed by atoms with Crippen molar-refractivity contribution in [3.05, 3.63) is 0 Å². The van der Waals surface area contributed by atoms with E-state index in [0.29, 0.717) is 0 Å². The van der Waals surface area contributed by atoms with Gasteiger partial charge in [0.05, 0.1) is 11.2 Å². The van der Waals surface area contributed by atoms with E-state index in [9.17, 15) is 0 Å². The molecule has 0 heterocycles. The molecule has 0 atom stereocenters. The molecule has 0 amide bonds. The summed E-state index contributed by atoms with van der Waals surface area (Å²) < 4.78 is 5.62. The average Bonchev–Trinajstić information content (AvgIpc) is 1.94. The standard InChI is InChI=1S/C8H18O.C6H14/c1-7(2,3)9-8(4,5)6;1-3-5-6-4-2/h1-6H3;3-6H2,1-2H3. The lowest BCUT2D eigenvalue weighted by atomic mass is 10.1. The SMILES string of the molecule is CC(C)(C)OC(C)(C)C.CCCCCC. The zero-order chi connectivity index (χ0) is 12.5. The number of rotatable bonds is 3. The lowest BCUT2D eigenvalue weighted by Crippen LogP contribution is -2.31. The van der Waals surface area contributed by atoms with Gasteiger partial charge in [0.25, 0.3) is 0 Å². The maximum absolute atomic E-state index is 5.62. The average molecular weight is 216 g/mol. The molecule has 0 N–H and O–H groups in total. The van der Waals surface area contributed by atoms with Crippen molar-refractivity contribution in [2.75, 3.05) is 0 Å². The molecule has 0 spiro atoms. The zero-order valence-electron chi connectivity index (χ0n) is 12.2. The molecule has 0 bridgehead atoms. The fourth-order valence-electron chi connectivity index (χ4n) is 1.42. The van der Waals surface area contributed by atoms with Crippen LogP contribution in [-0.2, 0) is 4.74 Å². The Morgan fingerprint density at radius 2 is 0.933 bits per heavy atom. The Kier molecular flexibility index (Phi) is 9.43. The molecule has 0 aromatic carbocycles. The van der Waals surface area contributed by atoms with Gasteiger partial charge in [-0.1, -0.05) is 39.5 Å². The van der Waals surface area contributed by atoms with Gasteiger partial charge in [-0.2, -0.15) is 0 Å². The summed E-state index contributed by atoms with van der Waals surface area (Å²) in [5.74, 6) is 0. The minimum atomic E-state index is -0.0156. The van der Waals surface area contributed by atoms with Gasteiger partial charge in [-0.25, -0.2) is 0 Å². The van der Waals surface area contributed by atoms with Gasteiger partial charge in [0.2, 0.25) is 0 Å². The fraction of sp³-hybridized carbons (Fsp3) is 1.00. The minimum Gasteiger partial charge on any atom is -0.370 e. The van der Waals surface area contributed by atoms with Crippen molar-refractivity contribution in [1.29, 1.82) is 0 Å². The molecule has 0 aromatic heterocycles. The highest BCUT2D eigenvalue weighted by atomic mass is 16.5. The van der Waals surface area contributed by atoms with Crippen LogP contribution in [0.5, 0.6) is 0 Å². The van der Waals surface area contributed by atoms with Crippen molar-refractivity contribution in [2.24, 2.45) is 0 Å². The number of unbranched alkanes of at least 4 members (excludes halogenated alkanes) is 3. The summed E-state index contributed by atoms with van der Waals surface area (Å²) in [5, 5.41) is 0. The van der Waals surface area contributed by atoms with Crippen LogP contribution in [0.25, 0.3) is 0 Å². The molecule has 0 saturated carbocycles. The summed E-state index contributed by atoms with van der Waals surface area (Å²) in [4.78, 5) is 0. The van der Waals surface area contributed by atoms with Crippen LogP contribution >= 0.6 is 0 Å². The minimum absolute atomic E-state index is 0.0156. The maximum atomic E-state index is 5.62. The van der Waals surface area contributed by atoms with Crippen LogP contribution in [0.4, 0.5) is 0 Å². The quantitative estimate of drug-likeness (QED) is 0.590. The predicted octanol–water partition coefficient (Wildman–Crippen LogP) is 5.19. The topological polar surface area (TPSA) is 9.23 Å². The van der Waals surface area contributed by atoms with E-state index >= 15 is 0 Å². The van der Waals surface area contributed by atoms with Crippen LogP contribution in [0.15, 0.2) is 0 Å². The molecular weight excluding hydrogens is 184 g/mol. The molecule has 0 rings (SSSR count). The van der Waals surface area contributed by atoms with Gasteiger partial charge in [0, 0.05) is 0 Å². The van der Waals surface area contributed by atoms with Gasteiger partial charge < -0.3 is 4.74 Å². The first-order valence-electron chi connectivity index (χ1n) is 6.32. The van der Waals surface area contributed by atoms with Crippen LogP contribution in [0.3, 0.4) is 0 Å². The highest BCUT2D eigenvalue weighted by Gasteiger charge is 2.19. The van der Waals surface area contributed by atoms with E-state index in [2.05, 4.69) is 55.4 Å². The van der Waals surface area contributed by atoms with E-state index in [-0.39, 0.29) is 11.2 Å². The largest absolute Gasteiger partial charge is 0.370 e. The summed E-state index contributed by atoms with van der Waals surface area (Å²) in [6, 6.07) is 0. The van der Waals surface area contributed by atoms with Crippen molar-refractivity contribution in [3.8, 4) is 0 Å². The molecule has 0 saturated heterocycles. The maximum Gasteiger partial charge on any atom is 0.0605 e. The van der Waals surface area contributed by atoms with E-state index in [0.717, 1.165) is 0 Å². The van der Waals surface area contributed by atoms with Crippen LogP contribution in [-0.4, -0.2) is 11.2 Å². The third kappa shape index (κ3) is 24.9. The molecule has 0 radical (unpaired) electrons. The monoisotopic (exact) mass is 216 g/mol. The first kappa shape index (κ1) is 17.4. The Labute approximate surface area is 97.6 Å². The second-order valence-corrected chi connectivity index (χ2v) is 6.03. The fourth-order valence-corrected chi connectivity index (χ4v) is 1.42. The Morgan fingerprint density at radius 1 is 0.667 bits per heavy atom. The van der Waals surface area contributed by atoms with E-state index in [4.69, 9.17) is 4.74 Å². The van der Waals surface area contributed by atoms with Crippen molar-refractivity contribution in [3.63, 3.8) is 0 Å². The molecule has 0 aliphatic heterocycles. The van der Waals surface area contributed by atoms with E-state index in [1.807, 2.05) is 0 Å². The normalized spacial score (nSPS) is 12.0. The molecule has 0 aliphatic carbocycles. The van der Waals surface area contributed by atoms with Crippen LogP contribution < -0.4 is 0 Å². The van der Waals surface area contributed by atoms with Crippen molar-refractivity contribution in [1.82, 2.24) is 0 Å². The van der Waals surface area contributed by atoms with Crippen LogP contribution in [0.1, 0.15) is 81.1 Å². The van der Waals surface area contributed by atoms with Crippen LogP contribution in [0.2, 0.25) is 0 Å². The second-order valence-electron chi connectivity index (χ2n) is 6.03. The van der Waals surface area contributed by atoms with E-state index in [1.54, 1.807) is 0 Å². The Hall–Kier alpha value is -0.0400. The van der Waals surface area contributed by atoms with Gasteiger partial charge in [0.1, 0.15) is 0 Å². The highest BCUT2D eigenvalue weighted by molar-refractivity contribution is 4.68. The van der Waals surface area contributed by atoms with Crippen molar-refractivity contribution < 1.29 is 4.74 Å². The Morgan fingerprint density at radius 3 is 1.00 bits per heavy atom. The highest BCUT2D eigenvalue weighted by Crippen LogP contribution is 2.17. The van der Waals surface area contributed by atoms with Crippen molar-refractivity contribution in [2.45, 2.75) is 92.3 Å². The molecular formula is C14H32O. The molecule has 0 fully saturated rings. The molecule has 94 valence electrons.